The largest absolute Gasteiger partial charge is 0.157 e. The first kappa shape index (κ1) is 9.90. The molecule has 15 heavy (non-hydrogen) atoms. The molecule has 0 unspecified atom stereocenters. The molecule has 0 amide bonds. The summed E-state index contributed by atoms with van der Waals surface area (Å²) in [5, 5.41) is 8.31. The van der Waals surface area contributed by atoms with Crippen LogP contribution in [0.25, 0.3) is 5.69 Å². The van der Waals surface area contributed by atoms with Crippen molar-refractivity contribution < 1.29 is 0 Å². The Bertz CT molecular complexity index is 444. The maximum absolute atomic E-state index is 4.15. The molecule has 1 aromatic heterocycles. The zero-order chi connectivity index (χ0) is 10.8. The zero-order valence-electron chi connectivity index (χ0n) is 9.31. The average molecular weight is 201 g/mol. The van der Waals surface area contributed by atoms with Crippen LogP contribution >= 0.6 is 0 Å². The van der Waals surface area contributed by atoms with Gasteiger partial charge < -0.3 is 0 Å². The van der Waals surface area contributed by atoms with Crippen LogP contribution in [0.1, 0.15) is 30.9 Å². The molecule has 0 bridgehead atoms. The van der Waals surface area contributed by atoms with Crippen LogP contribution in [-0.4, -0.2) is 15.0 Å². The van der Waals surface area contributed by atoms with Gasteiger partial charge in [-0.3, -0.25) is 0 Å². The van der Waals surface area contributed by atoms with E-state index in [0.29, 0.717) is 5.92 Å². The number of rotatable bonds is 2. The van der Waals surface area contributed by atoms with Crippen LogP contribution in [-0.2, 0) is 0 Å². The van der Waals surface area contributed by atoms with Gasteiger partial charge in [0.2, 0.25) is 0 Å². The smallest absolute Gasteiger partial charge is 0.0888 e. The molecule has 2 rings (SSSR count). The lowest BCUT2D eigenvalue weighted by Crippen LogP contribution is -2.04. The van der Waals surface area contributed by atoms with Gasteiger partial charge in [-0.1, -0.05) is 26.0 Å². The highest BCUT2D eigenvalue weighted by Gasteiger charge is 2.08. The Balaban J connectivity index is 2.54. The monoisotopic (exact) mass is 201 g/mol. The highest BCUT2D eigenvalue weighted by molar-refractivity contribution is 5.44. The molecular weight excluding hydrogens is 186 g/mol. The predicted octanol–water partition coefficient (Wildman–Crippen LogP) is 2.70. The van der Waals surface area contributed by atoms with Gasteiger partial charge in [-0.15, -0.1) is 0 Å². The molecule has 1 heterocycles. The minimum Gasteiger partial charge on any atom is -0.157 e. The van der Waals surface area contributed by atoms with E-state index in [9.17, 15) is 0 Å². The second kappa shape index (κ2) is 3.85. The zero-order valence-corrected chi connectivity index (χ0v) is 9.31. The summed E-state index contributed by atoms with van der Waals surface area (Å²) in [7, 11) is 0. The molecule has 0 fully saturated rings. The maximum Gasteiger partial charge on any atom is 0.0888 e. The van der Waals surface area contributed by atoms with E-state index in [1.54, 1.807) is 17.2 Å². The number of aromatic nitrogens is 3. The van der Waals surface area contributed by atoms with Crippen molar-refractivity contribution in [1.82, 2.24) is 15.0 Å². The van der Waals surface area contributed by atoms with Crippen LogP contribution in [0, 0.1) is 6.92 Å². The van der Waals surface area contributed by atoms with Gasteiger partial charge in [0.1, 0.15) is 0 Å². The quantitative estimate of drug-likeness (QED) is 0.748. The minimum atomic E-state index is 0.528. The normalized spacial score (nSPS) is 10.9. The third kappa shape index (κ3) is 1.77. The number of benzene rings is 1. The van der Waals surface area contributed by atoms with Crippen molar-refractivity contribution in [3.05, 3.63) is 41.7 Å². The summed E-state index contributed by atoms with van der Waals surface area (Å²) in [6.07, 6.45) is 3.39. The van der Waals surface area contributed by atoms with Crippen LogP contribution in [0.5, 0.6) is 0 Å². The van der Waals surface area contributed by atoms with E-state index in [4.69, 9.17) is 0 Å². The molecular formula is C12H15N3. The third-order valence-electron chi connectivity index (χ3n) is 2.60. The molecule has 0 radical (unpaired) electrons. The van der Waals surface area contributed by atoms with Gasteiger partial charge in [0.25, 0.3) is 0 Å². The average Bonchev–Trinajstić information content (AvgIpc) is 2.70. The summed E-state index contributed by atoms with van der Waals surface area (Å²) in [6.45, 7) is 6.51. The van der Waals surface area contributed by atoms with E-state index in [2.05, 4.69) is 43.1 Å². The van der Waals surface area contributed by atoms with Crippen molar-refractivity contribution in [3.63, 3.8) is 0 Å². The van der Waals surface area contributed by atoms with Crippen LogP contribution < -0.4 is 0 Å². The Morgan fingerprint density at radius 2 is 1.80 bits per heavy atom. The second-order valence-electron chi connectivity index (χ2n) is 3.96. The summed E-state index contributed by atoms with van der Waals surface area (Å²) in [5.41, 5.74) is 3.67. The van der Waals surface area contributed by atoms with Crippen molar-refractivity contribution in [2.24, 2.45) is 0 Å². The van der Waals surface area contributed by atoms with Gasteiger partial charge >= 0.3 is 0 Å². The fourth-order valence-electron chi connectivity index (χ4n) is 1.82. The molecule has 0 spiro atoms. The van der Waals surface area contributed by atoms with Gasteiger partial charge in [0.05, 0.1) is 18.1 Å². The van der Waals surface area contributed by atoms with Gasteiger partial charge in [0, 0.05) is 0 Å². The Labute approximate surface area is 89.7 Å². The molecule has 0 aliphatic rings. The van der Waals surface area contributed by atoms with Crippen LogP contribution in [0.3, 0.4) is 0 Å². The van der Waals surface area contributed by atoms with Crippen molar-refractivity contribution in [2.75, 3.05) is 0 Å². The lowest BCUT2D eigenvalue weighted by molar-refractivity contribution is 0.740. The molecule has 2 aromatic rings. The SMILES string of the molecule is Cc1c(C(C)C)cccc1-n1nccn1. The molecule has 3 nitrogen and oxygen atoms in total. The standard InChI is InChI=1S/C12H15N3/c1-9(2)11-5-4-6-12(10(11)3)15-13-7-8-14-15/h4-9H,1-3H3. The van der Waals surface area contributed by atoms with E-state index >= 15 is 0 Å². The fourth-order valence-corrected chi connectivity index (χ4v) is 1.82. The topological polar surface area (TPSA) is 30.7 Å². The van der Waals surface area contributed by atoms with E-state index in [1.807, 2.05) is 6.07 Å². The summed E-state index contributed by atoms with van der Waals surface area (Å²) in [5.74, 6) is 0.528. The highest BCUT2D eigenvalue weighted by Crippen LogP contribution is 2.23. The lowest BCUT2D eigenvalue weighted by Gasteiger charge is -2.12. The van der Waals surface area contributed by atoms with E-state index < -0.39 is 0 Å². The van der Waals surface area contributed by atoms with Crippen LogP contribution in [0.4, 0.5) is 0 Å². The fraction of sp³-hybridized carbons (Fsp3) is 0.333. The van der Waals surface area contributed by atoms with E-state index in [1.165, 1.54) is 11.1 Å². The Hall–Kier alpha value is -1.64. The Morgan fingerprint density at radius 3 is 2.40 bits per heavy atom. The molecule has 0 N–H and O–H groups in total. The summed E-state index contributed by atoms with van der Waals surface area (Å²) < 4.78 is 0. The van der Waals surface area contributed by atoms with Crippen molar-refractivity contribution >= 4 is 0 Å². The van der Waals surface area contributed by atoms with Crippen molar-refractivity contribution in [1.29, 1.82) is 0 Å². The third-order valence-corrected chi connectivity index (χ3v) is 2.60. The van der Waals surface area contributed by atoms with Crippen molar-refractivity contribution in [2.45, 2.75) is 26.7 Å². The second-order valence-corrected chi connectivity index (χ2v) is 3.96. The maximum atomic E-state index is 4.15. The molecule has 3 heteroatoms. The first-order valence-corrected chi connectivity index (χ1v) is 5.16. The Kier molecular flexibility index (Phi) is 2.54. The molecule has 0 aliphatic carbocycles. The molecule has 0 aliphatic heterocycles. The van der Waals surface area contributed by atoms with E-state index in [-0.39, 0.29) is 0 Å². The predicted molar refractivity (Wildman–Crippen MR) is 60.2 cm³/mol. The highest BCUT2D eigenvalue weighted by atomic mass is 15.5. The summed E-state index contributed by atoms with van der Waals surface area (Å²) in [6, 6.07) is 6.26. The lowest BCUT2D eigenvalue weighted by atomic mass is 9.97. The van der Waals surface area contributed by atoms with Gasteiger partial charge in [-0.25, -0.2) is 0 Å². The van der Waals surface area contributed by atoms with Crippen LogP contribution in [0.15, 0.2) is 30.6 Å². The molecule has 0 saturated heterocycles. The number of hydrogen-bond donors (Lipinski definition) is 0. The summed E-state index contributed by atoms with van der Waals surface area (Å²) in [4.78, 5) is 1.67. The van der Waals surface area contributed by atoms with Gasteiger partial charge in [0.15, 0.2) is 0 Å². The molecule has 1 aromatic carbocycles. The molecule has 0 saturated carbocycles. The van der Waals surface area contributed by atoms with Gasteiger partial charge in [-0.2, -0.15) is 15.0 Å². The molecule has 78 valence electrons. The molecule has 0 atom stereocenters. The first-order chi connectivity index (χ1) is 7.20. The van der Waals surface area contributed by atoms with E-state index in [0.717, 1.165) is 5.69 Å². The van der Waals surface area contributed by atoms with Crippen molar-refractivity contribution in [3.8, 4) is 5.69 Å². The Morgan fingerprint density at radius 1 is 1.13 bits per heavy atom. The van der Waals surface area contributed by atoms with Crippen LogP contribution in [0.2, 0.25) is 0 Å². The van der Waals surface area contributed by atoms with Gasteiger partial charge in [-0.05, 0) is 30.0 Å². The first-order valence-electron chi connectivity index (χ1n) is 5.16. The summed E-state index contributed by atoms with van der Waals surface area (Å²) >= 11 is 0. The number of nitrogens with zero attached hydrogens (tertiary/aromatic N) is 3. The number of hydrogen-bond acceptors (Lipinski definition) is 2. The minimum absolute atomic E-state index is 0.528.